The maximum absolute atomic E-state index is 6.25. The number of nitrogens with zero attached hydrogens (tertiary/aromatic N) is 1. The Kier molecular flexibility index (Phi) is 3.56. The number of rotatable bonds is 3. The van der Waals surface area contributed by atoms with Gasteiger partial charge in [0.2, 0.25) is 0 Å². The second kappa shape index (κ2) is 4.77. The molecule has 0 aromatic rings. The average Bonchev–Trinajstić information content (AvgIpc) is 2.75. The van der Waals surface area contributed by atoms with E-state index in [9.17, 15) is 0 Å². The molecule has 2 aliphatic rings. The normalized spacial score (nSPS) is 30.9. The summed E-state index contributed by atoms with van der Waals surface area (Å²) in [4.78, 5) is 2.44. The lowest BCUT2D eigenvalue weighted by molar-refractivity contribution is 0.282. The summed E-state index contributed by atoms with van der Waals surface area (Å²) < 4.78 is 0.937. The van der Waals surface area contributed by atoms with Gasteiger partial charge in [-0.1, -0.05) is 0 Å². The van der Waals surface area contributed by atoms with Crippen molar-refractivity contribution in [2.75, 3.05) is 19.6 Å². The summed E-state index contributed by atoms with van der Waals surface area (Å²) in [7, 11) is 0. The summed E-state index contributed by atoms with van der Waals surface area (Å²) in [5.41, 5.74) is 12.3. The Morgan fingerprint density at radius 1 is 1.44 bits per heavy atom. The number of hydrogen-bond acceptors (Lipinski definition) is 4. The van der Waals surface area contributed by atoms with Crippen molar-refractivity contribution in [3.8, 4) is 0 Å². The lowest BCUT2D eigenvalue weighted by Gasteiger charge is -2.34. The fourth-order valence-electron chi connectivity index (χ4n) is 2.16. The number of likely N-dealkylation sites (tertiary alicyclic amines) is 1. The third-order valence-electron chi connectivity index (χ3n) is 3.30. The van der Waals surface area contributed by atoms with Gasteiger partial charge in [-0.25, -0.2) is 0 Å². The van der Waals surface area contributed by atoms with E-state index in [1.54, 1.807) is 0 Å². The highest BCUT2D eigenvalue weighted by atomic mass is 79.9. The van der Waals surface area contributed by atoms with Crippen LogP contribution in [0.2, 0.25) is 0 Å². The van der Waals surface area contributed by atoms with Crippen LogP contribution in [0.25, 0.3) is 0 Å². The van der Waals surface area contributed by atoms with E-state index in [1.807, 2.05) is 12.3 Å². The molecule has 4 nitrogen and oxygen atoms in total. The number of halogens is 1. The maximum atomic E-state index is 6.25. The molecule has 0 amide bonds. The number of hydrogen-bond donors (Lipinski definition) is 3. The van der Waals surface area contributed by atoms with E-state index in [4.69, 9.17) is 11.5 Å². The van der Waals surface area contributed by atoms with Crippen molar-refractivity contribution in [1.82, 2.24) is 10.2 Å². The first-order valence-corrected chi connectivity index (χ1v) is 6.52. The second-order valence-electron chi connectivity index (χ2n) is 4.54. The standard InChI is InChI=1S/C11H19BrN4/c12-9-7-10(13)11(14,15-8-9)3-6-16-4-1-2-5-16/h7-8,15H,1-6,13-14H2/t11-/m1/s1. The van der Waals surface area contributed by atoms with Crippen LogP contribution < -0.4 is 16.8 Å². The first-order valence-electron chi connectivity index (χ1n) is 5.72. The van der Waals surface area contributed by atoms with Crippen molar-refractivity contribution in [2.24, 2.45) is 11.5 Å². The Bertz CT molecular complexity index is 320. The molecule has 2 rings (SSSR count). The van der Waals surface area contributed by atoms with Gasteiger partial charge >= 0.3 is 0 Å². The molecule has 0 aromatic carbocycles. The fourth-order valence-corrected chi connectivity index (χ4v) is 2.52. The topological polar surface area (TPSA) is 67.3 Å². The molecule has 0 bridgehead atoms. The summed E-state index contributed by atoms with van der Waals surface area (Å²) in [6, 6.07) is 0. The van der Waals surface area contributed by atoms with Crippen LogP contribution in [-0.2, 0) is 0 Å². The molecule has 2 aliphatic heterocycles. The predicted molar refractivity (Wildman–Crippen MR) is 69.6 cm³/mol. The molecule has 1 atom stereocenters. The summed E-state index contributed by atoms with van der Waals surface area (Å²) in [5, 5.41) is 3.17. The van der Waals surface area contributed by atoms with E-state index in [0.717, 1.165) is 17.4 Å². The first kappa shape index (κ1) is 12.0. The zero-order valence-corrected chi connectivity index (χ0v) is 11.0. The Labute approximate surface area is 105 Å². The van der Waals surface area contributed by atoms with Crippen molar-refractivity contribution in [1.29, 1.82) is 0 Å². The lowest BCUT2D eigenvalue weighted by atomic mass is 10.0. The van der Waals surface area contributed by atoms with Gasteiger partial charge in [-0.05, 0) is 47.9 Å². The van der Waals surface area contributed by atoms with Crippen LogP contribution >= 0.6 is 15.9 Å². The van der Waals surface area contributed by atoms with Gasteiger partial charge in [0.05, 0.1) is 5.70 Å². The summed E-state index contributed by atoms with van der Waals surface area (Å²) >= 11 is 3.37. The minimum atomic E-state index is -0.583. The van der Waals surface area contributed by atoms with Crippen LogP contribution in [0.3, 0.4) is 0 Å². The zero-order chi connectivity index (χ0) is 11.6. The third kappa shape index (κ3) is 2.59. The number of allylic oxidation sites excluding steroid dienone is 2. The zero-order valence-electron chi connectivity index (χ0n) is 9.38. The van der Waals surface area contributed by atoms with Gasteiger partial charge in [-0.2, -0.15) is 0 Å². The molecule has 2 heterocycles. The molecule has 90 valence electrons. The van der Waals surface area contributed by atoms with Gasteiger partial charge in [-0.15, -0.1) is 0 Å². The van der Waals surface area contributed by atoms with Crippen LogP contribution in [-0.4, -0.2) is 30.2 Å². The molecule has 0 saturated carbocycles. The van der Waals surface area contributed by atoms with E-state index in [0.29, 0.717) is 5.70 Å². The molecule has 5 heteroatoms. The average molecular weight is 287 g/mol. The summed E-state index contributed by atoms with van der Waals surface area (Å²) in [6.45, 7) is 3.39. The maximum Gasteiger partial charge on any atom is 0.127 e. The largest absolute Gasteiger partial charge is 0.399 e. The lowest BCUT2D eigenvalue weighted by Crippen LogP contribution is -2.57. The fraction of sp³-hybridized carbons (Fsp3) is 0.636. The molecule has 1 fully saturated rings. The molecule has 1 saturated heterocycles. The highest BCUT2D eigenvalue weighted by Gasteiger charge is 2.30. The SMILES string of the molecule is NC1=CC(Br)=CN[C@]1(N)CCN1CCCC1. The molecule has 16 heavy (non-hydrogen) atoms. The van der Waals surface area contributed by atoms with E-state index in [1.165, 1.54) is 25.9 Å². The minimum absolute atomic E-state index is 0.583. The van der Waals surface area contributed by atoms with Gasteiger partial charge in [0, 0.05) is 23.6 Å². The predicted octanol–water partition coefficient (Wildman–Crippen LogP) is 0.809. The quantitative estimate of drug-likeness (QED) is 0.718. The van der Waals surface area contributed by atoms with Crippen molar-refractivity contribution in [2.45, 2.75) is 24.9 Å². The van der Waals surface area contributed by atoms with Crippen LogP contribution in [0.1, 0.15) is 19.3 Å². The third-order valence-corrected chi connectivity index (χ3v) is 3.76. The molecular formula is C11H19BrN4. The van der Waals surface area contributed by atoms with Gasteiger partial charge in [0.25, 0.3) is 0 Å². The molecule has 0 aliphatic carbocycles. The number of nitrogens with two attached hydrogens (primary N) is 2. The van der Waals surface area contributed by atoms with Gasteiger partial charge < -0.3 is 21.7 Å². The van der Waals surface area contributed by atoms with Crippen LogP contribution in [0.4, 0.5) is 0 Å². The van der Waals surface area contributed by atoms with Crippen LogP contribution in [0, 0.1) is 0 Å². The molecular weight excluding hydrogens is 268 g/mol. The summed E-state index contributed by atoms with van der Waals surface area (Å²) in [5.74, 6) is 0. The van der Waals surface area contributed by atoms with Crippen LogP contribution in [0.15, 0.2) is 22.5 Å². The molecule has 0 aromatic heterocycles. The van der Waals surface area contributed by atoms with Gasteiger partial charge in [0.15, 0.2) is 0 Å². The molecule has 0 unspecified atom stereocenters. The Balaban J connectivity index is 1.91. The second-order valence-corrected chi connectivity index (χ2v) is 5.46. The summed E-state index contributed by atoms with van der Waals surface area (Å²) in [6.07, 6.45) is 7.19. The highest BCUT2D eigenvalue weighted by Crippen LogP contribution is 2.21. The van der Waals surface area contributed by atoms with Gasteiger partial charge in [-0.3, -0.25) is 0 Å². The minimum Gasteiger partial charge on any atom is -0.399 e. The smallest absolute Gasteiger partial charge is 0.127 e. The van der Waals surface area contributed by atoms with Crippen LogP contribution in [0.5, 0.6) is 0 Å². The van der Waals surface area contributed by atoms with E-state index in [-0.39, 0.29) is 0 Å². The van der Waals surface area contributed by atoms with Crippen molar-refractivity contribution >= 4 is 15.9 Å². The van der Waals surface area contributed by atoms with Crippen molar-refractivity contribution in [3.05, 3.63) is 22.5 Å². The molecule has 5 N–H and O–H groups in total. The van der Waals surface area contributed by atoms with E-state index in [2.05, 4.69) is 26.1 Å². The highest BCUT2D eigenvalue weighted by molar-refractivity contribution is 9.11. The van der Waals surface area contributed by atoms with Crippen molar-refractivity contribution < 1.29 is 0 Å². The van der Waals surface area contributed by atoms with E-state index >= 15 is 0 Å². The number of nitrogens with one attached hydrogen (secondary N) is 1. The molecule has 0 radical (unpaired) electrons. The Hall–Kier alpha value is -0.520. The number of dihydropyridines is 1. The van der Waals surface area contributed by atoms with E-state index < -0.39 is 5.66 Å². The molecule has 0 spiro atoms. The Morgan fingerprint density at radius 3 is 2.75 bits per heavy atom. The Morgan fingerprint density at radius 2 is 2.12 bits per heavy atom. The van der Waals surface area contributed by atoms with Crippen molar-refractivity contribution in [3.63, 3.8) is 0 Å². The van der Waals surface area contributed by atoms with Gasteiger partial charge in [0.1, 0.15) is 5.66 Å². The monoisotopic (exact) mass is 286 g/mol. The first-order chi connectivity index (χ1) is 7.60.